The summed E-state index contributed by atoms with van der Waals surface area (Å²) in [6.45, 7) is 3.75. The summed E-state index contributed by atoms with van der Waals surface area (Å²) >= 11 is 11.5. The molecule has 0 aliphatic carbocycles. The zero-order chi connectivity index (χ0) is 14.6. The molecule has 1 aromatic heterocycles. The van der Waals surface area contributed by atoms with E-state index in [0.29, 0.717) is 0 Å². The van der Waals surface area contributed by atoms with Gasteiger partial charge in [-0.1, -0.05) is 23.2 Å². The lowest BCUT2D eigenvalue weighted by Gasteiger charge is -2.26. The van der Waals surface area contributed by atoms with Crippen LogP contribution in [-0.4, -0.2) is 39.5 Å². The number of hydrogen-bond acceptors (Lipinski definition) is 3. The van der Waals surface area contributed by atoms with Gasteiger partial charge in [0.25, 0.3) is 5.91 Å². The van der Waals surface area contributed by atoms with Gasteiger partial charge in [-0.05, 0) is 19.9 Å². The third-order valence-electron chi connectivity index (χ3n) is 2.49. The second-order valence-corrected chi connectivity index (χ2v) is 5.00. The molecule has 0 bridgehead atoms. The Morgan fingerprint density at radius 3 is 2.53 bits per heavy atom. The van der Waals surface area contributed by atoms with Crippen molar-refractivity contribution in [2.45, 2.75) is 26.3 Å². The van der Waals surface area contributed by atoms with Gasteiger partial charge in [-0.15, -0.1) is 0 Å². The number of carboxylic acid groups (broad SMARTS) is 1. The van der Waals surface area contributed by atoms with E-state index in [9.17, 15) is 9.59 Å². The average Bonchev–Trinajstić information content (AvgIpc) is 2.31. The standard InChI is InChI=1S/C12H14Cl2N2O3/c1-7(2)16(4-3-10(17)18)12(19)8-5-9(13)11(14)15-6-8/h5-7H,3-4H2,1-2H3,(H,17,18). The predicted octanol–water partition coefficient (Wildman–Crippen LogP) is 2.71. The lowest BCUT2D eigenvalue weighted by Crippen LogP contribution is -2.38. The summed E-state index contributed by atoms with van der Waals surface area (Å²) in [4.78, 5) is 28.1. The van der Waals surface area contributed by atoms with Crippen LogP contribution in [0.25, 0.3) is 0 Å². The zero-order valence-electron chi connectivity index (χ0n) is 10.6. The number of aliphatic carboxylic acids is 1. The Hall–Kier alpha value is -1.33. The highest BCUT2D eigenvalue weighted by Crippen LogP contribution is 2.21. The van der Waals surface area contributed by atoms with Crippen LogP contribution in [0.15, 0.2) is 12.3 Å². The van der Waals surface area contributed by atoms with Crippen molar-refractivity contribution in [1.82, 2.24) is 9.88 Å². The first-order chi connectivity index (χ1) is 8.82. The molecule has 104 valence electrons. The van der Waals surface area contributed by atoms with Crippen molar-refractivity contribution in [2.24, 2.45) is 0 Å². The molecular weight excluding hydrogens is 291 g/mol. The Kier molecular flexibility index (Phi) is 5.57. The first kappa shape index (κ1) is 15.7. The molecule has 0 aliphatic heterocycles. The smallest absolute Gasteiger partial charge is 0.305 e. The average molecular weight is 305 g/mol. The molecule has 5 nitrogen and oxygen atoms in total. The van der Waals surface area contributed by atoms with E-state index in [-0.39, 0.29) is 40.7 Å². The number of carboxylic acids is 1. The van der Waals surface area contributed by atoms with Crippen LogP contribution in [0.4, 0.5) is 0 Å². The second kappa shape index (κ2) is 6.73. The number of aromatic nitrogens is 1. The van der Waals surface area contributed by atoms with E-state index in [4.69, 9.17) is 28.3 Å². The molecule has 0 fully saturated rings. The zero-order valence-corrected chi connectivity index (χ0v) is 12.1. The molecule has 0 unspecified atom stereocenters. The molecule has 7 heteroatoms. The maximum Gasteiger partial charge on any atom is 0.305 e. The van der Waals surface area contributed by atoms with Gasteiger partial charge in [-0.2, -0.15) is 0 Å². The van der Waals surface area contributed by atoms with Crippen LogP contribution in [0.1, 0.15) is 30.6 Å². The molecule has 0 saturated carbocycles. The van der Waals surface area contributed by atoms with Crippen molar-refractivity contribution in [3.8, 4) is 0 Å². The quantitative estimate of drug-likeness (QED) is 0.849. The molecule has 0 atom stereocenters. The molecule has 1 rings (SSSR count). The summed E-state index contributed by atoms with van der Waals surface area (Å²) in [5, 5.41) is 9.00. The Morgan fingerprint density at radius 2 is 2.05 bits per heavy atom. The van der Waals surface area contributed by atoms with E-state index in [1.807, 2.05) is 13.8 Å². The SMILES string of the molecule is CC(C)N(CCC(=O)O)C(=O)c1cnc(Cl)c(Cl)c1. The number of carbonyl (C=O) groups excluding carboxylic acids is 1. The molecule has 0 saturated heterocycles. The Labute approximate surface area is 121 Å². The maximum absolute atomic E-state index is 12.3. The van der Waals surface area contributed by atoms with Gasteiger partial charge in [0, 0.05) is 18.8 Å². The van der Waals surface area contributed by atoms with Gasteiger partial charge in [0.15, 0.2) is 0 Å². The highest BCUT2D eigenvalue weighted by atomic mass is 35.5. The highest BCUT2D eigenvalue weighted by molar-refractivity contribution is 6.41. The van der Waals surface area contributed by atoms with Crippen molar-refractivity contribution in [3.63, 3.8) is 0 Å². The summed E-state index contributed by atoms with van der Waals surface area (Å²) in [7, 11) is 0. The number of rotatable bonds is 5. The van der Waals surface area contributed by atoms with Gasteiger partial charge in [0.1, 0.15) is 5.15 Å². The number of carbonyl (C=O) groups is 2. The van der Waals surface area contributed by atoms with Gasteiger partial charge in [-0.3, -0.25) is 9.59 Å². The summed E-state index contributed by atoms with van der Waals surface area (Å²) in [6, 6.07) is 1.30. The molecule has 19 heavy (non-hydrogen) atoms. The van der Waals surface area contributed by atoms with Crippen LogP contribution < -0.4 is 0 Å². The minimum Gasteiger partial charge on any atom is -0.481 e. The van der Waals surface area contributed by atoms with Crippen LogP contribution in [0, 0.1) is 0 Å². The molecule has 0 radical (unpaired) electrons. The van der Waals surface area contributed by atoms with Crippen molar-refractivity contribution in [1.29, 1.82) is 0 Å². The largest absolute Gasteiger partial charge is 0.481 e. The van der Waals surface area contributed by atoms with E-state index in [0.717, 1.165) is 0 Å². The van der Waals surface area contributed by atoms with Crippen LogP contribution in [0.5, 0.6) is 0 Å². The van der Waals surface area contributed by atoms with Crippen molar-refractivity contribution in [3.05, 3.63) is 28.0 Å². The van der Waals surface area contributed by atoms with Crippen LogP contribution >= 0.6 is 23.2 Å². The summed E-state index contributed by atoms with van der Waals surface area (Å²) in [6.07, 6.45) is 1.21. The fraction of sp³-hybridized carbons (Fsp3) is 0.417. The lowest BCUT2D eigenvalue weighted by molar-refractivity contribution is -0.137. The van der Waals surface area contributed by atoms with Crippen molar-refractivity contribution in [2.75, 3.05) is 6.54 Å². The third-order valence-corrected chi connectivity index (χ3v) is 3.18. The molecule has 0 spiro atoms. The topological polar surface area (TPSA) is 70.5 Å². The first-order valence-electron chi connectivity index (χ1n) is 5.66. The van der Waals surface area contributed by atoms with Gasteiger partial charge in [0.2, 0.25) is 0 Å². The van der Waals surface area contributed by atoms with Crippen molar-refractivity contribution >= 4 is 35.1 Å². The summed E-state index contributed by atoms with van der Waals surface area (Å²) in [5.41, 5.74) is 0.286. The third kappa shape index (κ3) is 4.36. The molecule has 1 aromatic rings. The first-order valence-corrected chi connectivity index (χ1v) is 6.42. The van der Waals surface area contributed by atoms with Gasteiger partial charge < -0.3 is 10.0 Å². The lowest BCUT2D eigenvalue weighted by atomic mass is 10.2. The Bertz CT molecular complexity index is 492. The van der Waals surface area contributed by atoms with E-state index < -0.39 is 5.97 Å². The van der Waals surface area contributed by atoms with E-state index >= 15 is 0 Å². The number of halogens is 2. The predicted molar refractivity (Wildman–Crippen MR) is 72.7 cm³/mol. The molecule has 1 heterocycles. The van der Waals surface area contributed by atoms with Gasteiger partial charge in [0.05, 0.1) is 17.0 Å². The number of nitrogens with zero attached hydrogens (tertiary/aromatic N) is 2. The number of hydrogen-bond donors (Lipinski definition) is 1. The monoisotopic (exact) mass is 304 g/mol. The minimum absolute atomic E-state index is 0.112. The fourth-order valence-electron chi connectivity index (χ4n) is 1.51. The molecule has 0 aromatic carbocycles. The molecule has 0 aliphatic rings. The highest BCUT2D eigenvalue weighted by Gasteiger charge is 2.20. The van der Waals surface area contributed by atoms with E-state index in [1.54, 1.807) is 0 Å². The molecule has 1 amide bonds. The van der Waals surface area contributed by atoms with Gasteiger partial charge >= 0.3 is 5.97 Å². The Balaban J connectivity index is 2.92. The van der Waals surface area contributed by atoms with Crippen LogP contribution in [-0.2, 0) is 4.79 Å². The Morgan fingerprint density at radius 1 is 1.42 bits per heavy atom. The van der Waals surface area contributed by atoms with E-state index in [2.05, 4.69) is 4.98 Å². The number of pyridine rings is 1. The van der Waals surface area contributed by atoms with Crippen LogP contribution in [0.2, 0.25) is 10.2 Å². The summed E-state index contributed by atoms with van der Waals surface area (Å²) in [5.74, 6) is -1.27. The van der Waals surface area contributed by atoms with Crippen molar-refractivity contribution < 1.29 is 14.7 Å². The van der Waals surface area contributed by atoms with E-state index in [1.165, 1.54) is 17.2 Å². The maximum atomic E-state index is 12.3. The van der Waals surface area contributed by atoms with Crippen LogP contribution in [0.3, 0.4) is 0 Å². The molecule has 1 N–H and O–H groups in total. The van der Waals surface area contributed by atoms with Gasteiger partial charge in [-0.25, -0.2) is 4.98 Å². The molecular formula is C12H14Cl2N2O3. The normalized spacial score (nSPS) is 10.6. The minimum atomic E-state index is -0.953. The second-order valence-electron chi connectivity index (χ2n) is 4.23. The number of amides is 1. The fourth-order valence-corrected chi connectivity index (χ4v) is 1.78. The summed E-state index contributed by atoms with van der Waals surface area (Å²) < 4.78 is 0.